The Morgan fingerprint density at radius 1 is 1.12 bits per heavy atom. The van der Waals surface area contributed by atoms with Crippen LogP contribution in [0.5, 0.6) is 0 Å². The second kappa shape index (κ2) is 10.3. The van der Waals surface area contributed by atoms with Gasteiger partial charge in [0.25, 0.3) is 17.8 Å². The lowest BCUT2D eigenvalue weighted by Crippen LogP contribution is -2.42. The number of rotatable bonds is 6. The molecule has 2 aromatic heterocycles. The van der Waals surface area contributed by atoms with Crippen molar-refractivity contribution in [1.82, 2.24) is 25.5 Å². The zero-order chi connectivity index (χ0) is 24.3. The number of carbonyl (C=O) groups excluding carboxylic acids is 2. The number of thiol groups is 1. The van der Waals surface area contributed by atoms with Gasteiger partial charge in [-0.1, -0.05) is 38.0 Å². The topological polar surface area (TPSA) is 104 Å². The molecule has 2 N–H and O–H groups in total. The second-order valence-electron chi connectivity index (χ2n) is 9.83. The largest absolute Gasteiger partial charge is 0.331 e. The Labute approximate surface area is 208 Å². The maximum atomic E-state index is 13.5. The summed E-state index contributed by atoms with van der Waals surface area (Å²) in [5.41, 5.74) is 1.74. The van der Waals surface area contributed by atoms with E-state index in [1.807, 2.05) is 29.2 Å². The average molecular weight is 499 g/mol. The van der Waals surface area contributed by atoms with E-state index in [-0.39, 0.29) is 29.2 Å². The van der Waals surface area contributed by atoms with E-state index in [1.54, 1.807) is 12.1 Å². The SMILES string of the molecule is CC(C)(C)C1CCC(N(Cc2ccc(C(=O)Nc3nn[nH]n3)cc2)C(=O)c2ccc(S)s2)CC1. The first-order valence-corrected chi connectivity index (χ1v) is 12.7. The molecule has 34 heavy (non-hydrogen) atoms. The molecular formula is C24H30N6O2S2. The molecule has 0 atom stereocenters. The third-order valence-corrected chi connectivity index (χ3v) is 7.86. The zero-order valence-electron chi connectivity index (χ0n) is 19.6. The maximum absolute atomic E-state index is 13.5. The summed E-state index contributed by atoms with van der Waals surface area (Å²) in [6.45, 7) is 7.40. The predicted molar refractivity (Wildman–Crippen MR) is 135 cm³/mol. The molecule has 2 amide bonds. The molecular weight excluding hydrogens is 468 g/mol. The molecule has 3 aromatic rings. The van der Waals surface area contributed by atoms with Crippen LogP contribution in [0, 0.1) is 11.3 Å². The number of amides is 2. The van der Waals surface area contributed by atoms with Crippen LogP contribution in [0.15, 0.2) is 40.6 Å². The van der Waals surface area contributed by atoms with Crippen molar-refractivity contribution in [2.75, 3.05) is 5.32 Å². The van der Waals surface area contributed by atoms with Crippen LogP contribution in [0.3, 0.4) is 0 Å². The molecule has 1 aromatic carbocycles. The first kappa shape index (κ1) is 24.4. The van der Waals surface area contributed by atoms with Gasteiger partial charge in [0, 0.05) is 18.2 Å². The fourth-order valence-electron chi connectivity index (χ4n) is 4.55. The fourth-order valence-corrected chi connectivity index (χ4v) is 5.62. The van der Waals surface area contributed by atoms with Crippen molar-refractivity contribution in [2.45, 2.75) is 63.3 Å². The van der Waals surface area contributed by atoms with Crippen LogP contribution in [-0.4, -0.2) is 43.4 Å². The predicted octanol–water partition coefficient (Wildman–Crippen LogP) is 5.05. The van der Waals surface area contributed by atoms with Crippen molar-refractivity contribution in [2.24, 2.45) is 11.3 Å². The Balaban J connectivity index is 1.49. The van der Waals surface area contributed by atoms with Crippen LogP contribution >= 0.6 is 24.0 Å². The van der Waals surface area contributed by atoms with Gasteiger partial charge in [-0.25, -0.2) is 0 Å². The molecule has 1 fully saturated rings. The van der Waals surface area contributed by atoms with E-state index >= 15 is 0 Å². The lowest BCUT2D eigenvalue weighted by Gasteiger charge is -2.41. The van der Waals surface area contributed by atoms with Gasteiger partial charge in [-0.15, -0.1) is 29.1 Å². The number of nitrogens with one attached hydrogen (secondary N) is 2. The highest BCUT2D eigenvalue weighted by Crippen LogP contribution is 2.39. The van der Waals surface area contributed by atoms with E-state index in [1.165, 1.54) is 11.3 Å². The summed E-state index contributed by atoms with van der Waals surface area (Å²) >= 11 is 5.81. The van der Waals surface area contributed by atoms with Gasteiger partial charge in [-0.2, -0.15) is 5.21 Å². The first-order chi connectivity index (χ1) is 16.2. The van der Waals surface area contributed by atoms with Crippen molar-refractivity contribution >= 4 is 41.7 Å². The molecule has 1 aliphatic carbocycles. The highest BCUT2D eigenvalue weighted by Gasteiger charge is 2.34. The van der Waals surface area contributed by atoms with E-state index in [2.05, 4.69) is 59.3 Å². The maximum Gasteiger partial charge on any atom is 0.270 e. The van der Waals surface area contributed by atoms with Gasteiger partial charge in [0.1, 0.15) is 0 Å². The van der Waals surface area contributed by atoms with Gasteiger partial charge >= 0.3 is 0 Å². The number of hydrogen-bond acceptors (Lipinski definition) is 7. The standard InChI is InChI=1S/C24H30N6O2S2/c1-24(2,3)17-8-10-18(11-9-17)30(22(32)19-12-13-20(33)34-19)14-15-4-6-16(7-5-15)21(31)25-23-26-28-29-27-23/h4-7,12-13,17-18,33H,8-11,14H2,1-3H3,(H2,25,26,27,28,29,31). The molecule has 0 bridgehead atoms. The molecule has 0 unspecified atom stereocenters. The lowest BCUT2D eigenvalue weighted by molar-refractivity contribution is 0.0535. The minimum Gasteiger partial charge on any atom is -0.331 e. The van der Waals surface area contributed by atoms with Crippen molar-refractivity contribution in [1.29, 1.82) is 0 Å². The third kappa shape index (κ3) is 5.85. The summed E-state index contributed by atoms with van der Waals surface area (Å²) < 4.78 is 0.830. The summed E-state index contributed by atoms with van der Waals surface area (Å²) in [4.78, 5) is 28.6. The highest BCUT2D eigenvalue weighted by atomic mass is 32.2. The highest BCUT2D eigenvalue weighted by molar-refractivity contribution is 7.82. The Kier molecular flexibility index (Phi) is 7.37. The van der Waals surface area contributed by atoms with Crippen molar-refractivity contribution in [3.05, 3.63) is 52.4 Å². The van der Waals surface area contributed by atoms with Gasteiger partial charge < -0.3 is 4.90 Å². The number of nitrogens with zero attached hydrogens (tertiary/aromatic N) is 4. The summed E-state index contributed by atoms with van der Waals surface area (Å²) in [6, 6.07) is 11.2. The monoisotopic (exact) mass is 498 g/mol. The second-order valence-corrected chi connectivity index (χ2v) is 11.7. The molecule has 0 spiro atoms. The van der Waals surface area contributed by atoms with Gasteiger partial charge in [0.15, 0.2) is 0 Å². The van der Waals surface area contributed by atoms with Crippen molar-refractivity contribution in [3.63, 3.8) is 0 Å². The van der Waals surface area contributed by atoms with E-state index in [0.717, 1.165) is 35.5 Å². The van der Waals surface area contributed by atoms with E-state index in [9.17, 15) is 9.59 Å². The minimum absolute atomic E-state index is 0.0448. The van der Waals surface area contributed by atoms with Gasteiger partial charge in [0.05, 0.1) is 9.09 Å². The Morgan fingerprint density at radius 3 is 2.38 bits per heavy atom. The quantitative estimate of drug-likeness (QED) is 0.413. The lowest BCUT2D eigenvalue weighted by atomic mass is 9.71. The smallest absolute Gasteiger partial charge is 0.270 e. The average Bonchev–Trinajstić information content (AvgIpc) is 3.48. The number of aromatic nitrogens is 4. The Hall–Kier alpha value is -2.72. The number of anilines is 1. The van der Waals surface area contributed by atoms with Crippen LogP contribution in [0.25, 0.3) is 0 Å². The number of benzene rings is 1. The molecule has 1 saturated carbocycles. The summed E-state index contributed by atoms with van der Waals surface area (Å²) in [7, 11) is 0. The molecule has 0 aliphatic heterocycles. The van der Waals surface area contributed by atoms with Crippen LogP contribution in [-0.2, 0) is 6.54 Å². The molecule has 8 nitrogen and oxygen atoms in total. The number of carbonyl (C=O) groups is 2. The molecule has 0 saturated heterocycles. The summed E-state index contributed by atoms with van der Waals surface area (Å²) in [5, 5.41) is 15.8. The third-order valence-electron chi connectivity index (χ3n) is 6.57. The van der Waals surface area contributed by atoms with E-state index < -0.39 is 0 Å². The first-order valence-electron chi connectivity index (χ1n) is 11.4. The van der Waals surface area contributed by atoms with Gasteiger partial charge in [0.2, 0.25) is 0 Å². The molecule has 2 heterocycles. The Bertz CT molecular complexity index is 1110. The van der Waals surface area contributed by atoms with Crippen LogP contribution < -0.4 is 5.32 Å². The normalized spacial score (nSPS) is 18.5. The summed E-state index contributed by atoms with van der Waals surface area (Å²) in [5.74, 6) is 0.518. The zero-order valence-corrected chi connectivity index (χ0v) is 21.3. The van der Waals surface area contributed by atoms with Crippen LogP contribution in [0.2, 0.25) is 0 Å². The van der Waals surface area contributed by atoms with E-state index in [4.69, 9.17) is 0 Å². The number of tetrazole rings is 1. The molecule has 4 rings (SSSR count). The number of thiophene rings is 1. The number of H-pyrrole nitrogens is 1. The number of hydrogen-bond donors (Lipinski definition) is 3. The van der Waals surface area contributed by atoms with E-state index in [0.29, 0.717) is 22.9 Å². The van der Waals surface area contributed by atoms with Crippen LogP contribution in [0.1, 0.15) is 72.0 Å². The summed E-state index contributed by atoms with van der Waals surface area (Å²) in [6.07, 6.45) is 4.24. The Morgan fingerprint density at radius 2 is 1.82 bits per heavy atom. The molecule has 0 radical (unpaired) electrons. The molecule has 1 aliphatic rings. The van der Waals surface area contributed by atoms with Crippen molar-refractivity contribution < 1.29 is 9.59 Å². The number of aromatic amines is 1. The van der Waals surface area contributed by atoms with Crippen molar-refractivity contribution in [3.8, 4) is 0 Å². The molecule has 180 valence electrons. The van der Waals surface area contributed by atoms with Gasteiger partial charge in [-0.3, -0.25) is 14.9 Å². The van der Waals surface area contributed by atoms with Crippen LogP contribution in [0.4, 0.5) is 5.95 Å². The fraction of sp³-hybridized carbons (Fsp3) is 0.458. The molecule has 10 heteroatoms. The van der Waals surface area contributed by atoms with Gasteiger partial charge in [-0.05, 0) is 72.1 Å². The minimum atomic E-state index is -0.318.